The number of amides is 1. The number of aromatic nitrogens is 1. The summed E-state index contributed by atoms with van der Waals surface area (Å²) in [5, 5.41) is 2.90. The summed E-state index contributed by atoms with van der Waals surface area (Å²) < 4.78 is 0. The molecule has 2 aromatic carbocycles. The van der Waals surface area contributed by atoms with Crippen molar-refractivity contribution in [1.82, 2.24) is 10.3 Å². The fraction of sp³-hybridized carbons (Fsp3) is 0.100. The lowest BCUT2D eigenvalue weighted by molar-refractivity contribution is 0.0956. The fourth-order valence-corrected chi connectivity index (χ4v) is 2.57. The Balaban J connectivity index is 2.12. The molecule has 0 fully saturated rings. The summed E-state index contributed by atoms with van der Waals surface area (Å²) in [7, 11) is 0. The average molecular weight is 302 g/mol. The molecule has 0 aliphatic carbocycles. The molecular formula is C20H18N2O. The van der Waals surface area contributed by atoms with Crippen molar-refractivity contribution in [3.8, 4) is 22.3 Å². The van der Waals surface area contributed by atoms with Crippen LogP contribution in [0.4, 0.5) is 0 Å². The molecule has 0 aliphatic rings. The largest absolute Gasteiger partial charge is 0.352 e. The minimum absolute atomic E-state index is 0.0582. The van der Waals surface area contributed by atoms with E-state index in [0.29, 0.717) is 12.1 Å². The molecule has 1 amide bonds. The number of carbonyl (C=O) groups is 1. The number of benzene rings is 2. The first-order chi connectivity index (χ1) is 11.3. The van der Waals surface area contributed by atoms with Crippen molar-refractivity contribution in [3.05, 3.63) is 78.6 Å². The van der Waals surface area contributed by atoms with Gasteiger partial charge in [-0.25, -0.2) is 0 Å². The predicted octanol–water partition coefficient (Wildman–Crippen LogP) is 4.17. The van der Waals surface area contributed by atoms with Crippen molar-refractivity contribution in [2.75, 3.05) is 6.54 Å². The molecule has 0 bridgehead atoms. The molecule has 3 nitrogen and oxygen atoms in total. The number of pyridine rings is 1. The molecule has 3 aromatic rings. The standard InChI is InChI=1S/C20H18N2O/c1-2-22-20(23)19-13-16(17-9-6-12-21-14-17)10-11-18(19)15-7-4-3-5-8-15/h3-14H,2H2,1H3,(H,22,23). The molecule has 0 saturated carbocycles. The maximum atomic E-state index is 12.5. The number of nitrogens with one attached hydrogen (secondary N) is 1. The molecule has 1 aromatic heterocycles. The summed E-state index contributed by atoms with van der Waals surface area (Å²) in [6.45, 7) is 2.52. The van der Waals surface area contributed by atoms with Gasteiger partial charge in [0, 0.05) is 30.1 Å². The van der Waals surface area contributed by atoms with Gasteiger partial charge in [0.25, 0.3) is 5.91 Å². The summed E-state index contributed by atoms with van der Waals surface area (Å²) in [6, 6.07) is 19.8. The number of carbonyl (C=O) groups excluding carboxylic acids is 1. The SMILES string of the molecule is CCNC(=O)c1cc(-c2cccnc2)ccc1-c1ccccc1. The zero-order valence-corrected chi connectivity index (χ0v) is 13.0. The molecule has 23 heavy (non-hydrogen) atoms. The predicted molar refractivity (Wildman–Crippen MR) is 93.1 cm³/mol. The van der Waals surface area contributed by atoms with E-state index in [1.165, 1.54) is 0 Å². The van der Waals surface area contributed by atoms with Crippen LogP contribution in [-0.2, 0) is 0 Å². The van der Waals surface area contributed by atoms with Crippen LogP contribution in [0.25, 0.3) is 22.3 Å². The monoisotopic (exact) mass is 302 g/mol. The molecule has 1 N–H and O–H groups in total. The summed E-state index contributed by atoms with van der Waals surface area (Å²) in [5.74, 6) is -0.0582. The normalized spacial score (nSPS) is 10.3. The molecule has 3 heteroatoms. The Hall–Kier alpha value is -2.94. The van der Waals surface area contributed by atoms with Gasteiger partial charge in [-0.05, 0) is 35.7 Å². The molecule has 0 radical (unpaired) electrons. The summed E-state index contributed by atoms with van der Waals surface area (Å²) in [4.78, 5) is 16.6. The molecule has 0 spiro atoms. The highest BCUT2D eigenvalue weighted by molar-refractivity contribution is 6.02. The van der Waals surface area contributed by atoms with Crippen molar-refractivity contribution >= 4 is 5.91 Å². The first-order valence-corrected chi connectivity index (χ1v) is 7.67. The highest BCUT2D eigenvalue weighted by Gasteiger charge is 2.13. The van der Waals surface area contributed by atoms with Gasteiger partial charge in [-0.1, -0.05) is 48.5 Å². The average Bonchev–Trinajstić information content (AvgIpc) is 2.63. The van der Waals surface area contributed by atoms with Crippen LogP contribution in [0.3, 0.4) is 0 Å². The number of hydrogen-bond acceptors (Lipinski definition) is 2. The number of rotatable bonds is 4. The van der Waals surface area contributed by atoms with Crippen molar-refractivity contribution in [2.24, 2.45) is 0 Å². The lowest BCUT2D eigenvalue weighted by atomic mass is 9.95. The van der Waals surface area contributed by atoms with Crippen molar-refractivity contribution in [2.45, 2.75) is 6.92 Å². The van der Waals surface area contributed by atoms with Crippen LogP contribution in [0.1, 0.15) is 17.3 Å². The van der Waals surface area contributed by atoms with E-state index < -0.39 is 0 Å². The van der Waals surface area contributed by atoms with Crippen LogP contribution in [0.2, 0.25) is 0 Å². The Morgan fingerprint density at radius 3 is 2.43 bits per heavy atom. The van der Waals surface area contributed by atoms with Gasteiger partial charge in [-0.3, -0.25) is 9.78 Å². The molecule has 0 saturated heterocycles. The third-order valence-electron chi connectivity index (χ3n) is 3.68. The van der Waals surface area contributed by atoms with Gasteiger partial charge in [-0.15, -0.1) is 0 Å². The van der Waals surface area contributed by atoms with E-state index >= 15 is 0 Å². The zero-order valence-electron chi connectivity index (χ0n) is 13.0. The van der Waals surface area contributed by atoms with Gasteiger partial charge in [0.05, 0.1) is 0 Å². The number of hydrogen-bond donors (Lipinski definition) is 1. The van der Waals surface area contributed by atoms with E-state index in [9.17, 15) is 4.79 Å². The Bertz CT molecular complexity index is 798. The smallest absolute Gasteiger partial charge is 0.251 e. The van der Waals surface area contributed by atoms with Gasteiger partial charge >= 0.3 is 0 Å². The highest BCUT2D eigenvalue weighted by Crippen LogP contribution is 2.28. The Morgan fingerprint density at radius 2 is 1.74 bits per heavy atom. The fourth-order valence-electron chi connectivity index (χ4n) is 2.57. The molecule has 0 aliphatic heterocycles. The van der Waals surface area contributed by atoms with Crippen LogP contribution in [-0.4, -0.2) is 17.4 Å². The molecule has 1 heterocycles. The van der Waals surface area contributed by atoms with E-state index in [0.717, 1.165) is 22.3 Å². The van der Waals surface area contributed by atoms with Crippen LogP contribution in [0.5, 0.6) is 0 Å². The van der Waals surface area contributed by atoms with E-state index in [4.69, 9.17) is 0 Å². The Kier molecular flexibility index (Phi) is 4.48. The maximum Gasteiger partial charge on any atom is 0.251 e. The second kappa shape index (κ2) is 6.88. The highest BCUT2D eigenvalue weighted by atomic mass is 16.1. The Morgan fingerprint density at radius 1 is 0.957 bits per heavy atom. The van der Waals surface area contributed by atoms with Crippen LogP contribution >= 0.6 is 0 Å². The third kappa shape index (κ3) is 3.29. The van der Waals surface area contributed by atoms with Gasteiger partial charge in [-0.2, -0.15) is 0 Å². The van der Waals surface area contributed by atoms with Gasteiger partial charge in [0.15, 0.2) is 0 Å². The Labute approximate surface area is 136 Å². The number of nitrogens with zero attached hydrogens (tertiary/aromatic N) is 1. The second-order valence-corrected chi connectivity index (χ2v) is 5.23. The van der Waals surface area contributed by atoms with Crippen LogP contribution in [0.15, 0.2) is 73.1 Å². The van der Waals surface area contributed by atoms with E-state index in [1.807, 2.05) is 67.6 Å². The molecule has 3 rings (SSSR count). The minimum Gasteiger partial charge on any atom is -0.352 e. The molecule has 0 atom stereocenters. The topological polar surface area (TPSA) is 42.0 Å². The van der Waals surface area contributed by atoms with Crippen molar-refractivity contribution in [3.63, 3.8) is 0 Å². The first-order valence-electron chi connectivity index (χ1n) is 7.67. The third-order valence-corrected chi connectivity index (χ3v) is 3.68. The van der Waals surface area contributed by atoms with Gasteiger partial charge < -0.3 is 5.32 Å². The lowest BCUT2D eigenvalue weighted by Crippen LogP contribution is -2.23. The summed E-state index contributed by atoms with van der Waals surface area (Å²) in [5.41, 5.74) is 4.63. The molecule has 114 valence electrons. The summed E-state index contributed by atoms with van der Waals surface area (Å²) >= 11 is 0. The lowest BCUT2D eigenvalue weighted by Gasteiger charge is -2.12. The van der Waals surface area contributed by atoms with Gasteiger partial charge in [0.1, 0.15) is 0 Å². The van der Waals surface area contributed by atoms with Crippen molar-refractivity contribution < 1.29 is 4.79 Å². The van der Waals surface area contributed by atoms with E-state index in [2.05, 4.69) is 10.3 Å². The van der Waals surface area contributed by atoms with E-state index in [1.54, 1.807) is 12.4 Å². The quantitative estimate of drug-likeness (QED) is 0.786. The second-order valence-electron chi connectivity index (χ2n) is 5.23. The van der Waals surface area contributed by atoms with Crippen LogP contribution < -0.4 is 5.32 Å². The maximum absolute atomic E-state index is 12.5. The summed E-state index contributed by atoms with van der Waals surface area (Å²) in [6.07, 6.45) is 3.55. The molecule has 0 unspecified atom stereocenters. The van der Waals surface area contributed by atoms with Crippen LogP contribution in [0, 0.1) is 0 Å². The first kappa shape index (κ1) is 15.0. The molecular weight excluding hydrogens is 284 g/mol. The van der Waals surface area contributed by atoms with Crippen molar-refractivity contribution in [1.29, 1.82) is 0 Å². The van der Waals surface area contributed by atoms with E-state index in [-0.39, 0.29) is 5.91 Å². The minimum atomic E-state index is -0.0582. The van der Waals surface area contributed by atoms with Gasteiger partial charge in [0.2, 0.25) is 0 Å². The zero-order chi connectivity index (χ0) is 16.1.